The normalized spacial score (nSPS) is 10.9. The summed E-state index contributed by atoms with van der Waals surface area (Å²) in [5.74, 6) is -1.12. The Labute approximate surface area is 181 Å². The molecule has 0 radical (unpaired) electrons. The van der Waals surface area contributed by atoms with Crippen LogP contribution in [0.2, 0.25) is 0 Å². The van der Waals surface area contributed by atoms with Crippen molar-refractivity contribution in [3.05, 3.63) is 83.2 Å². The number of benzene rings is 3. The summed E-state index contributed by atoms with van der Waals surface area (Å²) in [5, 5.41) is 0. The minimum Gasteiger partial charge on any atom is -0.493 e. The van der Waals surface area contributed by atoms with E-state index in [9.17, 15) is 13.2 Å². The van der Waals surface area contributed by atoms with Gasteiger partial charge in [-0.2, -0.15) is 0 Å². The fourth-order valence-corrected chi connectivity index (χ4v) is 3.23. The monoisotopic (exact) mass is 428 g/mol. The lowest BCUT2D eigenvalue weighted by Gasteiger charge is -2.11. The van der Waals surface area contributed by atoms with Crippen LogP contribution in [0.4, 0.5) is 13.2 Å². The number of hydrogen-bond donors (Lipinski definition) is 0. The Morgan fingerprint density at radius 3 is 2.19 bits per heavy atom. The standard InChI is InChI=1S/C26H27F3O2/c1-3-4-5-6-15-30-22-13-14-23(24(27)16-22)19-9-11-21(12-10-19)31-17-20-8-7-18(2)25(28)26(20)29/h7-14,16H,3-6,15,17H2,1-2H3. The van der Waals surface area contributed by atoms with Gasteiger partial charge in [0.2, 0.25) is 0 Å². The molecule has 0 N–H and O–H groups in total. The highest BCUT2D eigenvalue weighted by Gasteiger charge is 2.12. The molecular weight excluding hydrogens is 401 g/mol. The Kier molecular flexibility index (Phi) is 7.99. The van der Waals surface area contributed by atoms with Gasteiger partial charge in [0.1, 0.15) is 23.9 Å². The Hall–Kier alpha value is -2.95. The fourth-order valence-electron chi connectivity index (χ4n) is 3.23. The Bertz CT molecular complexity index is 1000. The highest BCUT2D eigenvalue weighted by atomic mass is 19.2. The van der Waals surface area contributed by atoms with Crippen molar-refractivity contribution in [1.82, 2.24) is 0 Å². The van der Waals surface area contributed by atoms with E-state index in [0.29, 0.717) is 29.2 Å². The van der Waals surface area contributed by atoms with Gasteiger partial charge in [-0.25, -0.2) is 13.2 Å². The van der Waals surface area contributed by atoms with Crippen LogP contribution in [0, 0.1) is 24.4 Å². The molecule has 0 spiro atoms. The molecule has 0 aliphatic carbocycles. The predicted octanol–water partition coefficient (Wildman–Crippen LogP) is 7.62. The van der Waals surface area contributed by atoms with E-state index in [1.165, 1.54) is 31.5 Å². The van der Waals surface area contributed by atoms with Crippen molar-refractivity contribution in [2.45, 2.75) is 46.1 Å². The highest BCUT2D eigenvalue weighted by molar-refractivity contribution is 5.65. The van der Waals surface area contributed by atoms with Crippen LogP contribution in [0.25, 0.3) is 11.1 Å². The van der Waals surface area contributed by atoms with Crippen molar-refractivity contribution in [3.8, 4) is 22.6 Å². The summed E-state index contributed by atoms with van der Waals surface area (Å²) in [6.07, 6.45) is 4.40. The zero-order valence-corrected chi connectivity index (χ0v) is 17.9. The minimum atomic E-state index is -0.897. The second-order valence-electron chi connectivity index (χ2n) is 7.53. The molecular formula is C26H27F3O2. The smallest absolute Gasteiger partial charge is 0.165 e. The van der Waals surface area contributed by atoms with Gasteiger partial charge < -0.3 is 9.47 Å². The molecule has 0 heterocycles. The zero-order chi connectivity index (χ0) is 22.2. The van der Waals surface area contributed by atoms with Crippen molar-refractivity contribution in [2.75, 3.05) is 6.61 Å². The highest BCUT2D eigenvalue weighted by Crippen LogP contribution is 2.28. The van der Waals surface area contributed by atoms with E-state index in [-0.39, 0.29) is 23.6 Å². The summed E-state index contributed by atoms with van der Waals surface area (Å²) in [5.41, 5.74) is 1.53. The van der Waals surface area contributed by atoms with E-state index in [4.69, 9.17) is 9.47 Å². The number of ether oxygens (including phenoxy) is 2. The lowest BCUT2D eigenvalue weighted by molar-refractivity contribution is 0.297. The van der Waals surface area contributed by atoms with Gasteiger partial charge in [0.05, 0.1) is 6.61 Å². The molecule has 164 valence electrons. The van der Waals surface area contributed by atoms with Gasteiger partial charge >= 0.3 is 0 Å². The molecule has 0 unspecified atom stereocenters. The molecule has 31 heavy (non-hydrogen) atoms. The molecule has 5 heteroatoms. The van der Waals surface area contributed by atoms with E-state index in [1.54, 1.807) is 36.4 Å². The molecule has 0 amide bonds. The topological polar surface area (TPSA) is 18.5 Å². The summed E-state index contributed by atoms with van der Waals surface area (Å²) >= 11 is 0. The maximum atomic E-state index is 14.6. The Balaban J connectivity index is 1.60. The van der Waals surface area contributed by atoms with Crippen molar-refractivity contribution >= 4 is 0 Å². The van der Waals surface area contributed by atoms with Crippen molar-refractivity contribution in [2.24, 2.45) is 0 Å². The third kappa shape index (κ3) is 6.03. The average Bonchev–Trinajstić information content (AvgIpc) is 2.77. The molecule has 0 aromatic heterocycles. The summed E-state index contributed by atoms with van der Waals surface area (Å²) in [6, 6.07) is 14.7. The maximum absolute atomic E-state index is 14.6. The SMILES string of the molecule is CCCCCCOc1ccc(-c2ccc(OCc3ccc(C)c(F)c3F)cc2)c(F)c1. The molecule has 0 aliphatic heterocycles. The quantitative estimate of drug-likeness (QED) is 0.309. The number of aryl methyl sites for hydroxylation is 1. The minimum absolute atomic E-state index is 0.0962. The van der Waals surface area contributed by atoms with Crippen LogP contribution in [0.3, 0.4) is 0 Å². The Morgan fingerprint density at radius 2 is 1.48 bits per heavy atom. The lowest BCUT2D eigenvalue weighted by Crippen LogP contribution is -2.02. The van der Waals surface area contributed by atoms with E-state index in [0.717, 1.165) is 19.3 Å². The van der Waals surface area contributed by atoms with Crippen LogP contribution >= 0.6 is 0 Å². The van der Waals surface area contributed by atoms with Gasteiger partial charge in [0.25, 0.3) is 0 Å². The summed E-state index contributed by atoms with van der Waals surface area (Å²) < 4.78 is 53.4. The number of hydrogen-bond acceptors (Lipinski definition) is 2. The predicted molar refractivity (Wildman–Crippen MR) is 117 cm³/mol. The first-order valence-electron chi connectivity index (χ1n) is 10.6. The first-order valence-corrected chi connectivity index (χ1v) is 10.6. The molecule has 0 saturated heterocycles. The zero-order valence-electron chi connectivity index (χ0n) is 17.9. The number of unbranched alkanes of at least 4 members (excludes halogenated alkanes) is 3. The van der Waals surface area contributed by atoms with E-state index in [2.05, 4.69) is 6.92 Å². The van der Waals surface area contributed by atoms with Crippen molar-refractivity contribution in [1.29, 1.82) is 0 Å². The molecule has 3 aromatic carbocycles. The molecule has 3 rings (SSSR count). The average molecular weight is 428 g/mol. The van der Waals surface area contributed by atoms with Crippen LogP contribution < -0.4 is 9.47 Å². The molecule has 0 aliphatic rings. The van der Waals surface area contributed by atoms with Gasteiger partial charge in [-0.3, -0.25) is 0 Å². The second kappa shape index (κ2) is 10.9. The van der Waals surface area contributed by atoms with Crippen LogP contribution in [0.1, 0.15) is 43.7 Å². The van der Waals surface area contributed by atoms with Crippen LogP contribution in [-0.2, 0) is 6.61 Å². The van der Waals surface area contributed by atoms with Gasteiger partial charge in [-0.05, 0) is 48.7 Å². The fraction of sp³-hybridized carbons (Fsp3) is 0.308. The van der Waals surface area contributed by atoms with Gasteiger partial charge in [0.15, 0.2) is 11.6 Å². The Morgan fingerprint density at radius 1 is 0.742 bits per heavy atom. The van der Waals surface area contributed by atoms with E-state index in [1.807, 2.05) is 0 Å². The maximum Gasteiger partial charge on any atom is 0.165 e. The molecule has 0 fully saturated rings. The first kappa shape index (κ1) is 22.7. The van der Waals surface area contributed by atoms with E-state index >= 15 is 0 Å². The first-order chi connectivity index (χ1) is 15.0. The summed E-state index contributed by atoms with van der Waals surface area (Å²) in [7, 11) is 0. The van der Waals surface area contributed by atoms with E-state index < -0.39 is 11.6 Å². The lowest BCUT2D eigenvalue weighted by atomic mass is 10.0. The summed E-state index contributed by atoms with van der Waals surface area (Å²) in [6.45, 7) is 4.14. The number of halogens is 3. The van der Waals surface area contributed by atoms with Crippen LogP contribution in [-0.4, -0.2) is 6.61 Å². The molecule has 0 atom stereocenters. The van der Waals surface area contributed by atoms with Gasteiger partial charge in [-0.15, -0.1) is 0 Å². The second-order valence-corrected chi connectivity index (χ2v) is 7.53. The van der Waals surface area contributed by atoms with Crippen molar-refractivity contribution in [3.63, 3.8) is 0 Å². The van der Waals surface area contributed by atoms with Gasteiger partial charge in [0, 0.05) is 17.2 Å². The third-order valence-electron chi connectivity index (χ3n) is 5.12. The largest absolute Gasteiger partial charge is 0.493 e. The molecule has 0 saturated carbocycles. The molecule has 3 aromatic rings. The number of rotatable bonds is 10. The van der Waals surface area contributed by atoms with Crippen LogP contribution in [0.5, 0.6) is 11.5 Å². The summed E-state index contributed by atoms with van der Waals surface area (Å²) in [4.78, 5) is 0. The van der Waals surface area contributed by atoms with Crippen molar-refractivity contribution < 1.29 is 22.6 Å². The van der Waals surface area contributed by atoms with Crippen LogP contribution in [0.15, 0.2) is 54.6 Å². The molecule has 0 bridgehead atoms. The van der Waals surface area contributed by atoms with Gasteiger partial charge in [-0.1, -0.05) is 50.5 Å². The third-order valence-corrected chi connectivity index (χ3v) is 5.12. The molecule has 2 nitrogen and oxygen atoms in total.